The maximum atomic E-state index is 12.5. The van der Waals surface area contributed by atoms with Crippen molar-refractivity contribution in [2.45, 2.75) is 43.5 Å². The van der Waals surface area contributed by atoms with Gasteiger partial charge in [0.2, 0.25) is 10.0 Å². The summed E-state index contributed by atoms with van der Waals surface area (Å²) >= 11 is 3.35. The number of nitrogens with one attached hydrogen (secondary N) is 1. The first-order chi connectivity index (χ1) is 8.95. The Morgan fingerprint density at radius 1 is 1.26 bits per heavy atom. The number of benzene rings is 1. The summed E-state index contributed by atoms with van der Waals surface area (Å²) in [5.41, 5.74) is 1.05. The third kappa shape index (κ3) is 2.60. The van der Waals surface area contributed by atoms with E-state index < -0.39 is 10.0 Å². The maximum absolute atomic E-state index is 12.5. The highest BCUT2D eigenvalue weighted by molar-refractivity contribution is 9.10. The van der Waals surface area contributed by atoms with Crippen molar-refractivity contribution in [3.8, 4) is 0 Å². The zero-order chi connectivity index (χ0) is 13.6. The Labute approximate surface area is 123 Å². The van der Waals surface area contributed by atoms with E-state index in [1.54, 1.807) is 6.07 Å². The molecule has 0 aromatic heterocycles. The zero-order valence-corrected chi connectivity index (χ0v) is 13.3. The van der Waals surface area contributed by atoms with Crippen LogP contribution in [0, 0.1) is 18.8 Å². The first kappa shape index (κ1) is 13.6. The van der Waals surface area contributed by atoms with Crippen molar-refractivity contribution < 1.29 is 8.42 Å². The largest absolute Gasteiger partial charge is 0.241 e. The Balaban J connectivity index is 1.83. The lowest BCUT2D eigenvalue weighted by molar-refractivity contribution is 0.390. The fraction of sp³-hybridized carbons (Fsp3) is 0.571. The van der Waals surface area contributed by atoms with Crippen LogP contribution in [-0.2, 0) is 10.0 Å². The van der Waals surface area contributed by atoms with Gasteiger partial charge >= 0.3 is 0 Å². The summed E-state index contributed by atoms with van der Waals surface area (Å²) in [5.74, 6) is 1.28. The van der Waals surface area contributed by atoms with Crippen LogP contribution in [0.5, 0.6) is 0 Å². The Hall–Kier alpha value is -0.390. The second-order valence-electron chi connectivity index (χ2n) is 5.84. The first-order valence-corrected chi connectivity index (χ1v) is 9.02. The van der Waals surface area contributed by atoms with Gasteiger partial charge in [0.1, 0.15) is 0 Å². The molecule has 2 aliphatic carbocycles. The highest BCUT2D eigenvalue weighted by Gasteiger charge is 2.41. The Morgan fingerprint density at radius 3 is 2.63 bits per heavy atom. The molecule has 3 unspecified atom stereocenters. The number of halogens is 1. The van der Waals surface area contributed by atoms with E-state index in [1.807, 2.05) is 19.1 Å². The molecule has 0 heterocycles. The van der Waals surface area contributed by atoms with E-state index in [0.29, 0.717) is 15.3 Å². The van der Waals surface area contributed by atoms with Gasteiger partial charge in [0.05, 0.1) is 4.90 Å². The van der Waals surface area contributed by atoms with E-state index in [1.165, 1.54) is 19.3 Å². The fourth-order valence-corrected chi connectivity index (χ4v) is 5.99. The Bertz CT molecular complexity index is 599. The lowest BCUT2D eigenvalue weighted by atomic mass is 9.96. The molecule has 0 amide bonds. The summed E-state index contributed by atoms with van der Waals surface area (Å²) < 4.78 is 28.5. The van der Waals surface area contributed by atoms with Crippen molar-refractivity contribution in [2.24, 2.45) is 11.8 Å². The molecule has 3 nitrogen and oxygen atoms in total. The lowest BCUT2D eigenvalue weighted by Gasteiger charge is -2.23. The van der Waals surface area contributed by atoms with Gasteiger partial charge in [0, 0.05) is 10.5 Å². The minimum absolute atomic E-state index is 0.136. The maximum Gasteiger partial charge on any atom is 0.241 e. The van der Waals surface area contributed by atoms with Crippen LogP contribution in [0.1, 0.15) is 31.2 Å². The van der Waals surface area contributed by atoms with Crippen LogP contribution in [0.15, 0.2) is 27.6 Å². The van der Waals surface area contributed by atoms with Gasteiger partial charge in [-0.25, -0.2) is 13.1 Å². The molecule has 0 spiro atoms. The average Bonchev–Trinajstić information content (AvgIpc) is 2.89. The second kappa shape index (κ2) is 4.86. The van der Waals surface area contributed by atoms with Crippen molar-refractivity contribution in [1.29, 1.82) is 0 Å². The molecule has 104 valence electrons. The molecule has 0 saturated heterocycles. The molecule has 0 radical (unpaired) electrons. The molecule has 3 rings (SSSR count). The third-order valence-corrected chi connectivity index (χ3v) is 6.89. The van der Waals surface area contributed by atoms with Crippen molar-refractivity contribution in [1.82, 2.24) is 4.72 Å². The number of aryl methyl sites for hydroxylation is 1. The minimum atomic E-state index is -3.41. The summed E-state index contributed by atoms with van der Waals surface area (Å²) in [7, 11) is -3.41. The van der Waals surface area contributed by atoms with Crippen LogP contribution < -0.4 is 4.72 Å². The van der Waals surface area contributed by atoms with Crippen LogP contribution in [0.2, 0.25) is 0 Å². The van der Waals surface area contributed by atoms with Crippen LogP contribution in [0.25, 0.3) is 0 Å². The van der Waals surface area contributed by atoms with Gasteiger partial charge in [0.15, 0.2) is 0 Å². The van der Waals surface area contributed by atoms with Crippen molar-refractivity contribution in [3.05, 3.63) is 28.2 Å². The number of fused-ring (bicyclic) bond motifs is 2. The van der Waals surface area contributed by atoms with Crippen molar-refractivity contribution in [3.63, 3.8) is 0 Å². The first-order valence-electron chi connectivity index (χ1n) is 6.74. The van der Waals surface area contributed by atoms with Crippen LogP contribution >= 0.6 is 15.9 Å². The van der Waals surface area contributed by atoms with Gasteiger partial charge in [-0.2, -0.15) is 0 Å². The van der Waals surface area contributed by atoms with Gasteiger partial charge in [-0.3, -0.25) is 0 Å². The van der Waals surface area contributed by atoms with E-state index >= 15 is 0 Å². The van der Waals surface area contributed by atoms with Gasteiger partial charge in [0.25, 0.3) is 0 Å². The van der Waals surface area contributed by atoms with Crippen molar-refractivity contribution >= 4 is 26.0 Å². The summed E-state index contributed by atoms with van der Waals surface area (Å²) in [5, 5.41) is 0. The molecule has 1 aromatic carbocycles. The van der Waals surface area contributed by atoms with E-state index in [9.17, 15) is 8.42 Å². The monoisotopic (exact) mass is 343 g/mol. The zero-order valence-electron chi connectivity index (χ0n) is 10.9. The van der Waals surface area contributed by atoms with Crippen molar-refractivity contribution in [2.75, 3.05) is 0 Å². The normalized spacial score (nSPS) is 29.9. The third-order valence-electron chi connectivity index (χ3n) is 4.42. The average molecular weight is 344 g/mol. The number of hydrogen-bond donors (Lipinski definition) is 1. The van der Waals surface area contributed by atoms with Gasteiger partial charge in [-0.1, -0.05) is 12.5 Å². The standard InChI is InChI=1S/C14H18BrNO2S/c1-9-2-5-14(12(15)6-9)19(17,18)16-13-8-10-3-4-11(13)7-10/h2,5-6,10-11,13,16H,3-4,7-8H2,1H3. The summed E-state index contributed by atoms with van der Waals surface area (Å²) in [6.07, 6.45) is 4.65. The molecule has 1 N–H and O–H groups in total. The minimum Gasteiger partial charge on any atom is -0.208 e. The molecule has 1 aromatic rings. The smallest absolute Gasteiger partial charge is 0.208 e. The van der Waals surface area contributed by atoms with E-state index in [2.05, 4.69) is 20.7 Å². The van der Waals surface area contributed by atoms with E-state index in [4.69, 9.17) is 0 Å². The predicted molar refractivity (Wildman–Crippen MR) is 78.4 cm³/mol. The quantitative estimate of drug-likeness (QED) is 0.915. The predicted octanol–water partition coefficient (Wildman–Crippen LogP) is 3.22. The topological polar surface area (TPSA) is 46.2 Å². The molecular formula is C14H18BrNO2S. The van der Waals surface area contributed by atoms with Crippen LogP contribution in [0.4, 0.5) is 0 Å². The molecule has 19 heavy (non-hydrogen) atoms. The molecule has 0 aliphatic heterocycles. The lowest BCUT2D eigenvalue weighted by Crippen LogP contribution is -2.38. The molecule has 2 saturated carbocycles. The molecule has 5 heteroatoms. The number of rotatable bonds is 3. The number of hydrogen-bond acceptors (Lipinski definition) is 2. The van der Waals surface area contributed by atoms with Gasteiger partial charge < -0.3 is 0 Å². The molecule has 2 aliphatic rings. The summed E-state index contributed by atoms with van der Waals surface area (Å²) in [4.78, 5) is 0.348. The van der Waals surface area contributed by atoms with Gasteiger partial charge in [-0.15, -0.1) is 0 Å². The fourth-order valence-electron chi connectivity index (χ4n) is 3.48. The summed E-state index contributed by atoms with van der Waals surface area (Å²) in [6.45, 7) is 1.95. The van der Waals surface area contributed by atoms with E-state index in [-0.39, 0.29) is 6.04 Å². The van der Waals surface area contributed by atoms with Gasteiger partial charge in [-0.05, 0) is 71.6 Å². The second-order valence-corrected chi connectivity index (χ2v) is 8.37. The molecule has 3 atom stereocenters. The highest BCUT2D eigenvalue weighted by Crippen LogP contribution is 2.45. The Morgan fingerprint density at radius 2 is 2.05 bits per heavy atom. The van der Waals surface area contributed by atoms with E-state index in [0.717, 1.165) is 17.9 Å². The number of sulfonamides is 1. The van der Waals surface area contributed by atoms with Crippen LogP contribution in [-0.4, -0.2) is 14.5 Å². The Kier molecular flexibility index (Phi) is 3.48. The molecule has 2 bridgehead atoms. The highest BCUT2D eigenvalue weighted by atomic mass is 79.9. The summed E-state index contributed by atoms with van der Waals surface area (Å²) in [6, 6.07) is 5.49. The SMILES string of the molecule is Cc1ccc(S(=O)(=O)NC2CC3CCC2C3)c(Br)c1. The molecular weight excluding hydrogens is 326 g/mol. The molecule has 2 fully saturated rings. The van der Waals surface area contributed by atoms with Crippen LogP contribution in [0.3, 0.4) is 0 Å².